The molecule has 144 valence electrons. The van der Waals surface area contributed by atoms with E-state index >= 15 is 0 Å². The van der Waals surface area contributed by atoms with Crippen molar-refractivity contribution in [2.24, 2.45) is 0 Å². The molecule has 3 aromatic rings. The molecule has 0 unspecified atom stereocenters. The number of aromatic nitrogens is 3. The van der Waals surface area contributed by atoms with Crippen molar-refractivity contribution in [3.05, 3.63) is 70.8 Å². The Morgan fingerprint density at radius 2 is 1.79 bits per heavy atom. The van der Waals surface area contributed by atoms with Gasteiger partial charge in [0.1, 0.15) is 29.1 Å². The summed E-state index contributed by atoms with van der Waals surface area (Å²) >= 11 is 0. The van der Waals surface area contributed by atoms with Crippen LogP contribution in [0.15, 0.2) is 53.5 Å². The topological polar surface area (TPSA) is 86.1 Å². The molecular formula is C19H16F2N4O3. The molecule has 1 atom stereocenters. The molecule has 1 heterocycles. The lowest BCUT2D eigenvalue weighted by Crippen LogP contribution is -2.35. The van der Waals surface area contributed by atoms with Crippen LogP contribution in [0.2, 0.25) is 0 Å². The Kier molecular flexibility index (Phi) is 5.44. The van der Waals surface area contributed by atoms with Gasteiger partial charge < -0.3 is 10.1 Å². The van der Waals surface area contributed by atoms with E-state index in [-0.39, 0.29) is 0 Å². The Hall–Kier alpha value is -3.62. The van der Waals surface area contributed by atoms with Crippen LogP contribution in [-0.2, 0) is 4.79 Å². The van der Waals surface area contributed by atoms with Crippen molar-refractivity contribution < 1.29 is 18.3 Å². The number of halogens is 2. The summed E-state index contributed by atoms with van der Waals surface area (Å²) in [6.45, 7) is 1.37. The van der Waals surface area contributed by atoms with E-state index in [2.05, 4.69) is 15.4 Å². The van der Waals surface area contributed by atoms with Crippen LogP contribution in [-0.4, -0.2) is 27.8 Å². The summed E-state index contributed by atoms with van der Waals surface area (Å²) in [6.07, 6.45) is 1.33. The molecule has 0 spiro atoms. The van der Waals surface area contributed by atoms with Crippen molar-refractivity contribution in [3.8, 4) is 17.0 Å². The number of rotatable bonds is 5. The zero-order valence-corrected chi connectivity index (χ0v) is 15.0. The summed E-state index contributed by atoms with van der Waals surface area (Å²) in [5, 5.41) is 6.10. The number of amides is 1. The van der Waals surface area contributed by atoms with Gasteiger partial charge in [0.05, 0.1) is 19.0 Å². The number of hydrogen-bond donors (Lipinski definition) is 1. The minimum atomic E-state index is -1.14. The number of hydrogen-bond acceptors (Lipinski definition) is 5. The minimum absolute atomic E-state index is 0.316. The zero-order valence-electron chi connectivity index (χ0n) is 15.0. The van der Waals surface area contributed by atoms with Gasteiger partial charge in [-0.3, -0.25) is 4.79 Å². The molecule has 28 heavy (non-hydrogen) atoms. The first-order valence-corrected chi connectivity index (χ1v) is 8.26. The van der Waals surface area contributed by atoms with Crippen LogP contribution in [0.3, 0.4) is 0 Å². The van der Waals surface area contributed by atoms with E-state index in [9.17, 15) is 18.4 Å². The molecular weight excluding hydrogens is 370 g/mol. The fraction of sp³-hybridized carbons (Fsp3) is 0.158. The van der Waals surface area contributed by atoms with Crippen LogP contribution in [0.5, 0.6) is 5.75 Å². The molecule has 0 aliphatic heterocycles. The third kappa shape index (κ3) is 3.88. The van der Waals surface area contributed by atoms with Gasteiger partial charge in [-0.15, -0.1) is 0 Å². The fourth-order valence-electron chi connectivity index (χ4n) is 2.47. The highest BCUT2D eigenvalue weighted by Crippen LogP contribution is 2.20. The molecule has 3 rings (SSSR count). The second-order valence-electron chi connectivity index (χ2n) is 5.86. The number of methoxy groups -OCH3 is 1. The van der Waals surface area contributed by atoms with E-state index in [1.54, 1.807) is 24.3 Å². The second kappa shape index (κ2) is 7.95. The first kappa shape index (κ1) is 19.2. The van der Waals surface area contributed by atoms with Crippen molar-refractivity contribution >= 4 is 11.6 Å². The van der Waals surface area contributed by atoms with Crippen molar-refractivity contribution in [3.63, 3.8) is 0 Å². The summed E-state index contributed by atoms with van der Waals surface area (Å²) in [5.74, 6) is -2.00. The third-order valence-corrected chi connectivity index (χ3v) is 4.06. The maximum atomic E-state index is 13.7. The molecule has 0 aliphatic rings. The average Bonchev–Trinajstić information content (AvgIpc) is 2.70. The lowest BCUT2D eigenvalue weighted by molar-refractivity contribution is -0.119. The maximum Gasteiger partial charge on any atom is 0.365 e. The largest absolute Gasteiger partial charge is 0.497 e. The monoisotopic (exact) mass is 386 g/mol. The molecule has 9 heteroatoms. The molecule has 0 bridgehead atoms. The summed E-state index contributed by atoms with van der Waals surface area (Å²) < 4.78 is 33.3. The summed E-state index contributed by atoms with van der Waals surface area (Å²) in [6, 6.07) is 8.91. The number of benzene rings is 2. The molecule has 7 nitrogen and oxygen atoms in total. The van der Waals surface area contributed by atoms with E-state index in [0.717, 1.165) is 16.8 Å². The van der Waals surface area contributed by atoms with E-state index in [1.807, 2.05) is 0 Å². The van der Waals surface area contributed by atoms with Crippen molar-refractivity contribution in [2.75, 3.05) is 12.4 Å². The van der Waals surface area contributed by atoms with Gasteiger partial charge >= 0.3 is 5.69 Å². The zero-order chi connectivity index (χ0) is 20.3. The summed E-state index contributed by atoms with van der Waals surface area (Å²) in [5.41, 5.74) is -0.403. The molecule has 1 amide bonds. The van der Waals surface area contributed by atoms with Gasteiger partial charge in [-0.1, -0.05) is 6.07 Å². The lowest BCUT2D eigenvalue weighted by Gasteiger charge is -2.14. The fourth-order valence-corrected chi connectivity index (χ4v) is 2.47. The SMILES string of the molecule is COc1ccc(-c2cnn([C@@H](C)C(=O)Nc3c(F)cccc3F)c(=O)n2)cc1. The molecule has 0 aliphatic carbocycles. The predicted molar refractivity (Wildman–Crippen MR) is 98.0 cm³/mol. The van der Waals surface area contributed by atoms with Gasteiger partial charge in [0, 0.05) is 5.56 Å². The van der Waals surface area contributed by atoms with E-state index in [4.69, 9.17) is 4.74 Å². The first-order chi connectivity index (χ1) is 13.4. The van der Waals surface area contributed by atoms with Gasteiger partial charge in [-0.2, -0.15) is 10.1 Å². The molecule has 1 N–H and O–H groups in total. The highest BCUT2D eigenvalue weighted by Gasteiger charge is 2.21. The number of nitrogens with zero attached hydrogens (tertiary/aromatic N) is 3. The number of anilines is 1. The predicted octanol–water partition coefficient (Wildman–Crippen LogP) is 2.79. The normalized spacial score (nSPS) is 11.7. The molecule has 0 radical (unpaired) electrons. The highest BCUT2D eigenvalue weighted by molar-refractivity contribution is 5.93. The number of para-hydroxylation sites is 1. The Bertz CT molecular complexity index is 1050. The molecule has 0 saturated carbocycles. The van der Waals surface area contributed by atoms with E-state index in [1.165, 1.54) is 26.3 Å². The van der Waals surface area contributed by atoms with Gasteiger partial charge in [-0.25, -0.2) is 18.3 Å². The number of nitrogens with one attached hydrogen (secondary N) is 1. The van der Waals surface area contributed by atoms with E-state index < -0.39 is 35.0 Å². The van der Waals surface area contributed by atoms with Crippen LogP contribution in [0.1, 0.15) is 13.0 Å². The molecule has 0 fully saturated rings. The standard InChI is InChI=1S/C19H16F2N4O3/c1-11(18(26)24-17-14(20)4-3-5-15(17)21)25-19(27)23-16(10-22-25)12-6-8-13(28-2)9-7-12/h3-11H,1-2H3,(H,24,26)/t11-/m0/s1. The Balaban J connectivity index is 1.83. The van der Waals surface area contributed by atoms with Gasteiger partial charge in [0.2, 0.25) is 5.91 Å². The van der Waals surface area contributed by atoms with Crippen LogP contribution in [0.25, 0.3) is 11.3 Å². The molecule has 2 aromatic carbocycles. The van der Waals surface area contributed by atoms with E-state index in [0.29, 0.717) is 17.0 Å². The Morgan fingerprint density at radius 3 is 2.36 bits per heavy atom. The maximum absolute atomic E-state index is 13.7. The smallest absolute Gasteiger partial charge is 0.365 e. The van der Waals surface area contributed by atoms with Crippen LogP contribution >= 0.6 is 0 Å². The van der Waals surface area contributed by atoms with Crippen molar-refractivity contribution in [1.82, 2.24) is 14.8 Å². The minimum Gasteiger partial charge on any atom is -0.497 e. The molecule has 1 aromatic heterocycles. The van der Waals surface area contributed by atoms with Crippen molar-refractivity contribution in [1.29, 1.82) is 0 Å². The quantitative estimate of drug-likeness (QED) is 0.729. The third-order valence-electron chi connectivity index (χ3n) is 4.06. The Morgan fingerprint density at radius 1 is 1.14 bits per heavy atom. The van der Waals surface area contributed by atoms with Crippen LogP contribution in [0, 0.1) is 11.6 Å². The number of carbonyl (C=O) groups is 1. The summed E-state index contributed by atoms with van der Waals surface area (Å²) in [7, 11) is 1.54. The number of carbonyl (C=O) groups excluding carboxylic acids is 1. The highest BCUT2D eigenvalue weighted by atomic mass is 19.1. The van der Waals surface area contributed by atoms with Crippen molar-refractivity contribution in [2.45, 2.75) is 13.0 Å². The number of ether oxygens (including phenoxy) is 1. The second-order valence-corrected chi connectivity index (χ2v) is 5.86. The first-order valence-electron chi connectivity index (χ1n) is 8.26. The summed E-state index contributed by atoms with van der Waals surface area (Å²) in [4.78, 5) is 28.5. The van der Waals surface area contributed by atoms with Crippen LogP contribution in [0.4, 0.5) is 14.5 Å². The molecule has 0 saturated heterocycles. The van der Waals surface area contributed by atoms with Gasteiger partial charge in [0.25, 0.3) is 0 Å². The van der Waals surface area contributed by atoms with Crippen LogP contribution < -0.4 is 15.7 Å². The average molecular weight is 386 g/mol. The van der Waals surface area contributed by atoms with Gasteiger partial charge in [-0.05, 0) is 43.3 Å². The van der Waals surface area contributed by atoms with Gasteiger partial charge in [0.15, 0.2) is 0 Å². The Labute approximate surface area is 158 Å². The lowest BCUT2D eigenvalue weighted by atomic mass is 10.1.